The fraction of sp³-hybridized carbons (Fsp3) is 0.0400. The van der Waals surface area contributed by atoms with E-state index in [1.54, 1.807) is 73.0 Å². The molecule has 0 aliphatic carbocycles. The minimum atomic E-state index is -3.83. The third kappa shape index (κ3) is 6.42. The molecule has 3 N–H and O–H groups in total. The van der Waals surface area contributed by atoms with Crippen LogP contribution in [0.3, 0.4) is 0 Å². The Balaban J connectivity index is 1.45. The van der Waals surface area contributed by atoms with Crippen molar-refractivity contribution in [1.29, 1.82) is 0 Å². The molecule has 0 fully saturated rings. The number of anilines is 2. The Morgan fingerprint density at radius 1 is 0.757 bits per heavy atom. The van der Waals surface area contributed by atoms with E-state index in [0.29, 0.717) is 17.0 Å². The van der Waals surface area contributed by atoms with Gasteiger partial charge in [0.05, 0.1) is 21.9 Å². The van der Waals surface area contributed by atoms with E-state index in [1.165, 1.54) is 30.3 Å². The van der Waals surface area contributed by atoms with Crippen molar-refractivity contribution in [3.8, 4) is 0 Å². The normalized spacial score (nSPS) is 12.1. The van der Waals surface area contributed by atoms with Crippen LogP contribution in [0.2, 0.25) is 0 Å². The Bertz CT molecular complexity index is 1630. The number of benzene rings is 3. The molecular weight excluding hydrogens is 532 g/mol. The van der Waals surface area contributed by atoms with Crippen molar-refractivity contribution in [2.75, 3.05) is 9.44 Å². The van der Waals surface area contributed by atoms with Crippen LogP contribution in [0.15, 0.2) is 111 Å². The molecule has 4 rings (SSSR count). The predicted molar refractivity (Wildman–Crippen MR) is 145 cm³/mol. The van der Waals surface area contributed by atoms with Crippen LogP contribution in [-0.4, -0.2) is 28.5 Å². The largest absolute Gasteiger partial charge is 0.280 e. The van der Waals surface area contributed by atoms with Gasteiger partial charge in [-0.15, -0.1) is 11.3 Å². The van der Waals surface area contributed by atoms with E-state index in [9.17, 15) is 21.6 Å². The molecule has 9 nitrogen and oxygen atoms in total. The smallest absolute Gasteiger partial charge is 0.273 e. The Labute approximate surface area is 219 Å². The molecule has 37 heavy (non-hydrogen) atoms. The minimum Gasteiger partial charge on any atom is -0.280 e. The highest BCUT2D eigenvalue weighted by molar-refractivity contribution is 7.94. The van der Waals surface area contributed by atoms with E-state index in [-0.39, 0.29) is 20.4 Å². The average Bonchev–Trinajstić information content (AvgIpc) is 3.44. The highest BCUT2D eigenvalue weighted by Gasteiger charge is 2.19. The van der Waals surface area contributed by atoms with Gasteiger partial charge in [0, 0.05) is 5.69 Å². The number of thiophene rings is 1. The quantitative estimate of drug-likeness (QED) is 0.207. The summed E-state index contributed by atoms with van der Waals surface area (Å²) in [5.74, 6) is -0.601. The molecule has 0 spiro atoms. The lowest BCUT2D eigenvalue weighted by Crippen LogP contribution is -2.22. The second-order valence-electron chi connectivity index (χ2n) is 7.72. The molecule has 1 aromatic heterocycles. The van der Waals surface area contributed by atoms with Gasteiger partial charge >= 0.3 is 0 Å². The number of nitrogens with zero attached hydrogens (tertiary/aromatic N) is 1. The zero-order chi connectivity index (χ0) is 26.5. The monoisotopic (exact) mass is 554 g/mol. The van der Waals surface area contributed by atoms with Crippen molar-refractivity contribution in [2.45, 2.75) is 16.0 Å². The first-order chi connectivity index (χ1) is 17.7. The third-order valence-corrected chi connectivity index (χ3v) is 9.27. The van der Waals surface area contributed by atoms with E-state index in [4.69, 9.17) is 0 Å². The first-order valence-corrected chi connectivity index (χ1v) is 14.7. The second-order valence-corrected chi connectivity index (χ2v) is 12.3. The molecule has 1 amide bonds. The number of carbonyl (C=O) groups excluding carboxylic acids is 1. The molecule has 0 saturated heterocycles. The van der Waals surface area contributed by atoms with Crippen molar-refractivity contribution >= 4 is 54.4 Å². The van der Waals surface area contributed by atoms with Crippen molar-refractivity contribution < 1.29 is 21.6 Å². The first-order valence-electron chi connectivity index (χ1n) is 10.8. The zero-order valence-electron chi connectivity index (χ0n) is 19.5. The fourth-order valence-electron chi connectivity index (χ4n) is 3.23. The minimum absolute atomic E-state index is 0.102. The van der Waals surface area contributed by atoms with Gasteiger partial charge in [-0.1, -0.05) is 48.5 Å². The third-order valence-electron chi connectivity index (χ3n) is 5.11. The van der Waals surface area contributed by atoms with E-state index in [1.807, 2.05) is 0 Å². The van der Waals surface area contributed by atoms with Crippen LogP contribution < -0.4 is 14.9 Å². The van der Waals surface area contributed by atoms with Crippen LogP contribution in [0.5, 0.6) is 0 Å². The summed E-state index contributed by atoms with van der Waals surface area (Å²) >= 11 is 1.07. The van der Waals surface area contributed by atoms with Gasteiger partial charge in [0.2, 0.25) is 0 Å². The van der Waals surface area contributed by atoms with Gasteiger partial charge in [-0.25, -0.2) is 22.3 Å². The topological polar surface area (TPSA) is 134 Å². The van der Waals surface area contributed by atoms with Crippen molar-refractivity contribution in [2.24, 2.45) is 5.10 Å². The lowest BCUT2D eigenvalue weighted by molar-refractivity contribution is 0.0955. The highest BCUT2D eigenvalue weighted by Crippen LogP contribution is 2.23. The molecule has 1 heterocycles. The molecule has 0 saturated carbocycles. The molecular formula is C25H22N4O5S3. The average molecular weight is 555 g/mol. The lowest BCUT2D eigenvalue weighted by Gasteiger charge is -2.11. The predicted octanol–water partition coefficient (Wildman–Crippen LogP) is 4.50. The molecule has 0 aliphatic rings. The van der Waals surface area contributed by atoms with Crippen molar-refractivity contribution in [1.82, 2.24) is 5.43 Å². The highest BCUT2D eigenvalue weighted by atomic mass is 32.2. The van der Waals surface area contributed by atoms with Crippen LogP contribution in [-0.2, 0) is 20.0 Å². The number of carbonyl (C=O) groups is 1. The Morgan fingerprint density at radius 3 is 2.11 bits per heavy atom. The number of sulfonamides is 2. The van der Waals surface area contributed by atoms with Crippen LogP contribution >= 0.6 is 11.3 Å². The number of hydrogen-bond donors (Lipinski definition) is 3. The van der Waals surface area contributed by atoms with Crippen LogP contribution in [0.1, 0.15) is 22.8 Å². The molecule has 0 bridgehead atoms. The van der Waals surface area contributed by atoms with Crippen molar-refractivity contribution in [3.63, 3.8) is 0 Å². The number of amides is 1. The van der Waals surface area contributed by atoms with E-state index in [0.717, 1.165) is 11.3 Å². The van der Waals surface area contributed by atoms with Gasteiger partial charge in [-0.05, 0) is 60.3 Å². The van der Waals surface area contributed by atoms with Gasteiger partial charge in [0.25, 0.3) is 26.0 Å². The maximum Gasteiger partial charge on any atom is 0.273 e. The zero-order valence-corrected chi connectivity index (χ0v) is 21.9. The molecule has 0 aliphatic heterocycles. The van der Waals surface area contributed by atoms with Gasteiger partial charge in [-0.2, -0.15) is 5.10 Å². The molecule has 3 aromatic carbocycles. The van der Waals surface area contributed by atoms with Crippen molar-refractivity contribution in [3.05, 3.63) is 108 Å². The summed E-state index contributed by atoms with van der Waals surface area (Å²) in [6, 6.07) is 23.8. The fourth-order valence-corrected chi connectivity index (χ4v) is 6.39. The summed E-state index contributed by atoms with van der Waals surface area (Å²) in [6.45, 7) is 1.68. The van der Waals surface area contributed by atoms with E-state index in [2.05, 4.69) is 20.0 Å². The van der Waals surface area contributed by atoms with Crippen LogP contribution in [0.4, 0.5) is 11.4 Å². The second kappa shape index (κ2) is 10.9. The number of nitrogens with one attached hydrogen (secondary N) is 3. The summed E-state index contributed by atoms with van der Waals surface area (Å²) in [4.78, 5) is 12.9. The maximum absolute atomic E-state index is 12.8. The summed E-state index contributed by atoms with van der Waals surface area (Å²) < 4.78 is 55.2. The molecule has 0 unspecified atom stereocenters. The molecule has 12 heteroatoms. The van der Waals surface area contributed by atoms with E-state index < -0.39 is 26.0 Å². The van der Waals surface area contributed by atoms with Gasteiger partial charge < -0.3 is 0 Å². The first kappa shape index (κ1) is 26.1. The number of rotatable bonds is 9. The summed E-state index contributed by atoms with van der Waals surface area (Å²) in [6.07, 6.45) is 0. The Hall–Kier alpha value is -4.00. The van der Waals surface area contributed by atoms with Gasteiger partial charge in [0.15, 0.2) is 0 Å². The molecule has 0 radical (unpaired) electrons. The van der Waals surface area contributed by atoms with Crippen LogP contribution in [0.25, 0.3) is 0 Å². The number of hydrogen-bond acceptors (Lipinski definition) is 7. The van der Waals surface area contributed by atoms with Gasteiger partial charge in [-0.3, -0.25) is 14.2 Å². The summed E-state index contributed by atoms with van der Waals surface area (Å²) in [5.41, 5.74) is 4.14. The summed E-state index contributed by atoms with van der Waals surface area (Å²) in [5, 5.41) is 5.76. The van der Waals surface area contributed by atoms with E-state index >= 15 is 0 Å². The van der Waals surface area contributed by atoms with Gasteiger partial charge in [0.1, 0.15) is 4.21 Å². The maximum atomic E-state index is 12.8. The Kier molecular flexibility index (Phi) is 7.71. The Morgan fingerprint density at radius 2 is 1.43 bits per heavy atom. The standard InChI is InChI=1S/C25H22N4O5S3/c1-18(19-13-15-20(16-14-19)28-36(31,32)21-8-3-2-4-9-21)26-27-25(30)22-10-5-6-11-23(22)29-37(33,34)24-12-7-17-35-24/h2-17,28-29H,1H3,(H,27,30). The SMILES string of the molecule is CC(=NNC(=O)c1ccccc1NS(=O)(=O)c1cccs1)c1ccc(NS(=O)(=O)c2ccccc2)cc1. The number of hydrazone groups is 1. The van der Waals surface area contributed by atoms with Crippen LogP contribution in [0, 0.1) is 0 Å². The summed E-state index contributed by atoms with van der Waals surface area (Å²) in [7, 11) is -7.55. The molecule has 190 valence electrons. The molecule has 0 atom stereocenters. The lowest BCUT2D eigenvalue weighted by atomic mass is 10.1. The number of para-hydroxylation sites is 1. The molecule has 4 aromatic rings.